The van der Waals surface area contributed by atoms with Gasteiger partial charge in [-0.2, -0.15) is 0 Å². The molecule has 3 nitrogen and oxygen atoms in total. The van der Waals surface area contributed by atoms with Crippen LogP contribution in [0.1, 0.15) is 29.6 Å². The topological polar surface area (TPSA) is 23.6 Å². The predicted molar refractivity (Wildman–Crippen MR) is 78.2 cm³/mol. The van der Waals surface area contributed by atoms with Gasteiger partial charge in [0.15, 0.2) is 0 Å². The minimum absolute atomic E-state index is 0.187. The van der Waals surface area contributed by atoms with Gasteiger partial charge in [-0.05, 0) is 58.0 Å². The van der Waals surface area contributed by atoms with Gasteiger partial charge in [0.25, 0.3) is 5.91 Å². The maximum absolute atomic E-state index is 12.3. The largest absolute Gasteiger partial charge is 0.339 e. The van der Waals surface area contributed by atoms with Crippen molar-refractivity contribution in [2.45, 2.75) is 19.3 Å². The van der Waals surface area contributed by atoms with Gasteiger partial charge in [0.1, 0.15) is 0 Å². The van der Waals surface area contributed by atoms with Gasteiger partial charge in [-0.25, -0.2) is 0 Å². The van der Waals surface area contributed by atoms with Gasteiger partial charge in [0.05, 0.1) is 0 Å². The van der Waals surface area contributed by atoms with Crippen molar-refractivity contribution in [1.82, 2.24) is 9.80 Å². The van der Waals surface area contributed by atoms with Gasteiger partial charge in [0.2, 0.25) is 0 Å². The van der Waals surface area contributed by atoms with Gasteiger partial charge in [-0.3, -0.25) is 4.79 Å². The second kappa shape index (κ2) is 6.71. The van der Waals surface area contributed by atoms with E-state index in [2.05, 4.69) is 19.0 Å². The average Bonchev–Trinajstić information content (AvgIpc) is 2.46. The molecule has 1 amide bonds. The number of nitrogens with zero attached hydrogens (tertiary/aromatic N) is 2. The fourth-order valence-corrected chi connectivity index (χ4v) is 2.63. The molecule has 0 radical (unpaired) electrons. The number of carbonyl (C=O) groups is 1. The summed E-state index contributed by atoms with van der Waals surface area (Å²) in [5.74, 6) is 0.967. The Morgan fingerprint density at radius 2 is 1.84 bits per heavy atom. The van der Waals surface area contributed by atoms with Crippen LogP contribution in [0.4, 0.5) is 0 Å². The number of piperidine rings is 1. The van der Waals surface area contributed by atoms with E-state index in [4.69, 9.17) is 0 Å². The van der Waals surface area contributed by atoms with Crippen LogP contribution in [0.3, 0.4) is 0 Å². The highest BCUT2D eigenvalue weighted by atomic mass is 16.2. The van der Waals surface area contributed by atoms with E-state index in [1.54, 1.807) is 0 Å². The van der Waals surface area contributed by atoms with E-state index in [0.717, 1.165) is 44.0 Å². The van der Waals surface area contributed by atoms with E-state index in [1.165, 1.54) is 6.42 Å². The Labute approximate surface area is 116 Å². The molecule has 3 heteroatoms. The molecule has 0 aliphatic carbocycles. The summed E-state index contributed by atoms with van der Waals surface area (Å²) in [5, 5.41) is 0. The van der Waals surface area contributed by atoms with Gasteiger partial charge < -0.3 is 9.80 Å². The number of carbonyl (C=O) groups excluding carboxylic acids is 1. The number of rotatable bonds is 4. The van der Waals surface area contributed by atoms with Crippen LogP contribution in [0.5, 0.6) is 0 Å². The molecule has 0 atom stereocenters. The fraction of sp³-hybridized carbons (Fsp3) is 0.562. The van der Waals surface area contributed by atoms with Crippen molar-refractivity contribution in [2.24, 2.45) is 5.92 Å². The van der Waals surface area contributed by atoms with Crippen molar-refractivity contribution in [1.29, 1.82) is 0 Å². The smallest absolute Gasteiger partial charge is 0.253 e. The van der Waals surface area contributed by atoms with Gasteiger partial charge in [-0.1, -0.05) is 18.2 Å². The summed E-state index contributed by atoms with van der Waals surface area (Å²) < 4.78 is 0. The first kappa shape index (κ1) is 14.1. The van der Waals surface area contributed by atoms with Crippen LogP contribution in [0.2, 0.25) is 0 Å². The maximum Gasteiger partial charge on any atom is 0.253 e. The molecule has 1 aromatic carbocycles. The van der Waals surface area contributed by atoms with E-state index in [1.807, 2.05) is 35.2 Å². The Balaban J connectivity index is 1.81. The zero-order valence-corrected chi connectivity index (χ0v) is 12.0. The van der Waals surface area contributed by atoms with Crippen molar-refractivity contribution in [2.75, 3.05) is 33.7 Å². The molecule has 0 saturated carbocycles. The first-order valence-corrected chi connectivity index (χ1v) is 7.16. The number of hydrogen-bond acceptors (Lipinski definition) is 2. The molecule has 0 aromatic heterocycles. The lowest BCUT2D eigenvalue weighted by atomic mass is 9.93. The summed E-state index contributed by atoms with van der Waals surface area (Å²) in [6.45, 7) is 2.97. The van der Waals surface area contributed by atoms with Crippen LogP contribution in [0, 0.1) is 5.92 Å². The van der Waals surface area contributed by atoms with Crippen LogP contribution < -0.4 is 0 Å². The molecular weight excluding hydrogens is 236 g/mol. The molecule has 2 rings (SSSR count). The summed E-state index contributed by atoms with van der Waals surface area (Å²) in [5.41, 5.74) is 0.814. The van der Waals surface area contributed by atoms with Crippen LogP contribution in [-0.2, 0) is 0 Å². The van der Waals surface area contributed by atoms with Gasteiger partial charge >= 0.3 is 0 Å². The Morgan fingerprint density at radius 3 is 2.42 bits per heavy atom. The molecule has 1 saturated heterocycles. The molecule has 104 valence electrons. The highest BCUT2D eigenvalue weighted by Gasteiger charge is 2.23. The van der Waals surface area contributed by atoms with Crippen molar-refractivity contribution in [3.63, 3.8) is 0 Å². The minimum Gasteiger partial charge on any atom is -0.339 e. The molecule has 1 aromatic rings. The predicted octanol–water partition coefficient (Wildman–Crippen LogP) is 2.49. The third-order valence-electron chi connectivity index (χ3n) is 3.91. The van der Waals surface area contributed by atoms with E-state index in [9.17, 15) is 4.79 Å². The first-order chi connectivity index (χ1) is 9.16. The standard InChI is InChI=1S/C16H24N2O/c1-17(2)11-8-14-9-12-18(13-10-14)16(19)15-6-4-3-5-7-15/h3-7,14H,8-13H2,1-2H3. The number of benzene rings is 1. The molecule has 1 fully saturated rings. The Morgan fingerprint density at radius 1 is 1.21 bits per heavy atom. The van der Waals surface area contributed by atoms with Crippen molar-refractivity contribution >= 4 is 5.91 Å². The zero-order chi connectivity index (χ0) is 13.7. The molecule has 1 heterocycles. The Bertz CT molecular complexity index is 394. The molecule has 19 heavy (non-hydrogen) atoms. The molecular formula is C16H24N2O. The zero-order valence-electron chi connectivity index (χ0n) is 12.0. The third-order valence-corrected chi connectivity index (χ3v) is 3.91. The van der Waals surface area contributed by atoms with Crippen molar-refractivity contribution < 1.29 is 4.79 Å². The monoisotopic (exact) mass is 260 g/mol. The van der Waals surface area contributed by atoms with E-state index >= 15 is 0 Å². The third kappa shape index (κ3) is 4.06. The normalized spacial score (nSPS) is 16.9. The van der Waals surface area contributed by atoms with Crippen molar-refractivity contribution in [3.8, 4) is 0 Å². The first-order valence-electron chi connectivity index (χ1n) is 7.16. The summed E-state index contributed by atoms with van der Waals surface area (Å²) in [4.78, 5) is 16.5. The Hall–Kier alpha value is -1.35. The van der Waals surface area contributed by atoms with E-state index < -0.39 is 0 Å². The second-order valence-electron chi connectivity index (χ2n) is 5.69. The maximum atomic E-state index is 12.3. The second-order valence-corrected chi connectivity index (χ2v) is 5.69. The summed E-state index contributed by atoms with van der Waals surface area (Å²) in [6, 6.07) is 9.61. The summed E-state index contributed by atoms with van der Waals surface area (Å²) in [6.07, 6.45) is 3.54. The SMILES string of the molecule is CN(C)CCC1CCN(C(=O)c2ccccc2)CC1. The molecule has 0 N–H and O–H groups in total. The van der Waals surface area contributed by atoms with Crippen LogP contribution in [0.25, 0.3) is 0 Å². The quantitative estimate of drug-likeness (QED) is 0.830. The molecule has 0 bridgehead atoms. The fourth-order valence-electron chi connectivity index (χ4n) is 2.63. The lowest BCUT2D eigenvalue weighted by Crippen LogP contribution is -2.39. The molecule has 0 unspecified atom stereocenters. The van der Waals surface area contributed by atoms with Gasteiger partial charge in [0, 0.05) is 18.7 Å². The van der Waals surface area contributed by atoms with E-state index in [0.29, 0.717) is 0 Å². The highest BCUT2D eigenvalue weighted by Crippen LogP contribution is 2.21. The van der Waals surface area contributed by atoms with Crippen LogP contribution in [0.15, 0.2) is 30.3 Å². The van der Waals surface area contributed by atoms with Crippen molar-refractivity contribution in [3.05, 3.63) is 35.9 Å². The minimum atomic E-state index is 0.187. The highest BCUT2D eigenvalue weighted by molar-refractivity contribution is 5.94. The van der Waals surface area contributed by atoms with Crippen LogP contribution in [-0.4, -0.2) is 49.4 Å². The molecule has 0 spiro atoms. The molecule has 1 aliphatic heterocycles. The lowest BCUT2D eigenvalue weighted by molar-refractivity contribution is 0.0683. The summed E-state index contributed by atoms with van der Waals surface area (Å²) >= 11 is 0. The lowest BCUT2D eigenvalue weighted by Gasteiger charge is -2.32. The average molecular weight is 260 g/mol. The molecule has 1 aliphatic rings. The van der Waals surface area contributed by atoms with Crippen LogP contribution >= 0.6 is 0 Å². The summed E-state index contributed by atoms with van der Waals surface area (Å²) in [7, 11) is 4.24. The Kier molecular flexibility index (Phi) is 4.97. The van der Waals surface area contributed by atoms with E-state index in [-0.39, 0.29) is 5.91 Å². The van der Waals surface area contributed by atoms with Gasteiger partial charge in [-0.15, -0.1) is 0 Å². The number of amides is 1. The number of hydrogen-bond donors (Lipinski definition) is 0. The number of likely N-dealkylation sites (tertiary alicyclic amines) is 1.